The number of hydrogen-bond acceptors (Lipinski definition) is 4. The third kappa shape index (κ3) is 3.54. The molecule has 0 unspecified atom stereocenters. The Bertz CT molecular complexity index is 598. The van der Waals surface area contributed by atoms with E-state index in [2.05, 4.69) is 5.32 Å². The van der Waals surface area contributed by atoms with Crippen LogP contribution in [-0.4, -0.2) is 58.7 Å². The summed E-state index contributed by atoms with van der Waals surface area (Å²) in [5.41, 5.74) is 1.19. The van der Waals surface area contributed by atoms with Gasteiger partial charge in [-0.3, -0.25) is 9.10 Å². The van der Waals surface area contributed by atoms with Gasteiger partial charge >= 0.3 is 0 Å². The van der Waals surface area contributed by atoms with E-state index in [-0.39, 0.29) is 11.7 Å². The Kier molecular flexibility index (Phi) is 4.84. The van der Waals surface area contributed by atoms with E-state index in [0.717, 1.165) is 6.54 Å². The van der Waals surface area contributed by atoms with Crippen LogP contribution in [0.2, 0.25) is 0 Å². The SMILES string of the molecule is CNCCN(C)C(=O)c1ccc(N2CCCS2(=O)=O)cc1. The lowest BCUT2D eigenvalue weighted by Gasteiger charge is -2.19. The van der Waals surface area contributed by atoms with Gasteiger partial charge in [0.05, 0.1) is 11.4 Å². The van der Waals surface area contributed by atoms with Crippen molar-refractivity contribution in [3.63, 3.8) is 0 Å². The second kappa shape index (κ2) is 6.44. The van der Waals surface area contributed by atoms with E-state index in [9.17, 15) is 13.2 Å². The number of nitrogens with zero attached hydrogens (tertiary/aromatic N) is 2. The molecule has 0 aliphatic carbocycles. The maximum Gasteiger partial charge on any atom is 0.253 e. The van der Waals surface area contributed by atoms with Gasteiger partial charge in [-0.25, -0.2) is 8.42 Å². The summed E-state index contributed by atoms with van der Waals surface area (Å²) in [7, 11) is 0.414. The molecule has 7 heteroatoms. The van der Waals surface area contributed by atoms with Crippen LogP contribution in [0.4, 0.5) is 5.69 Å². The van der Waals surface area contributed by atoms with Crippen molar-refractivity contribution in [2.45, 2.75) is 6.42 Å². The van der Waals surface area contributed by atoms with Gasteiger partial charge in [-0.05, 0) is 37.7 Å². The Hall–Kier alpha value is -1.60. The van der Waals surface area contributed by atoms with Crippen molar-refractivity contribution >= 4 is 21.6 Å². The lowest BCUT2D eigenvalue weighted by molar-refractivity contribution is 0.0797. The van der Waals surface area contributed by atoms with Crippen molar-refractivity contribution in [3.8, 4) is 0 Å². The number of amides is 1. The minimum Gasteiger partial charge on any atom is -0.340 e. The second-order valence-electron chi connectivity index (χ2n) is 5.12. The van der Waals surface area contributed by atoms with E-state index >= 15 is 0 Å². The van der Waals surface area contributed by atoms with Gasteiger partial charge in [0.1, 0.15) is 0 Å². The van der Waals surface area contributed by atoms with Gasteiger partial charge in [0.25, 0.3) is 5.91 Å². The molecular weight excluding hydrogens is 290 g/mol. The summed E-state index contributed by atoms with van der Waals surface area (Å²) in [4.78, 5) is 13.8. The number of sulfonamides is 1. The topological polar surface area (TPSA) is 69.7 Å². The monoisotopic (exact) mass is 311 g/mol. The molecule has 1 N–H and O–H groups in total. The number of benzene rings is 1. The number of nitrogens with one attached hydrogen (secondary N) is 1. The first-order valence-corrected chi connectivity index (χ1v) is 8.57. The van der Waals surface area contributed by atoms with E-state index in [4.69, 9.17) is 0 Å². The summed E-state index contributed by atoms with van der Waals surface area (Å²) in [6.07, 6.45) is 0.649. The van der Waals surface area contributed by atoms with Crippen molar-refractivity contribution in [1.82, 2.24) is 10.2 Å². The van der Waals surface area contributed by atoms with E-state index in [0.29, 0.717) is 30.8 Å². The van der Waals surface area contributed by atoms with Crippen LogP contribution in [0, 0.1) is 0 Å². The second-order valence-corrected chi connectivity index (χ2v) is 7.13. The van der Waals surface area contributed by atoms with Crippen LogP contribution in [0.3, 0.4) is 0 Å². The first kappa shape index (κ1) is 15.8. The molecule has 0 aromatic heterocycles. The lowest BCUT2D eigenvalue weighted by Crippen LogP contribution is -2.32. The van der Waals surface area contributed by atoms with Gasteiger partial charge in [0, 0.05) is 32.2 Å². The fourth-order valence-electron chi connectivity index (χ4n) is 2.30. The highest BCUT2D eigenvalue weighted by molar-refractivity contribution is 7.93. The molecule has 116 valence electrons. The zero-order valence-electron chi connectivity index (χ0n) is 12.4. The normalized spacial score (nSPS) is 17.0. The van der Waals surface area contributed by atoms with Crippen LogP contribution in [0.25, 0.3) is 0 Å². The number of rotatable bonds is 5. The highest BCUT2D eigenvalue weighted by Gasteiger charge is 2.28. The average Bonchev–Trinajstić information content (AvgIpc) is 2.83. The molecular formula is C14H21N3O3S. The predicted molar refractivity (Wildman–Crippen MR) is 83.1 cm³/mol. The fraction of sp³-hybridized carbons (Fsp3) is 0.500. The quantitative estimate of drug-likeness (QED) is 0.860. The van der Waals surface area contributed by atoms with Crippen molar-refractivity contribution in [2.24, 2.45) is 0 Å². The van der Waals surface area contributed by atoms with Gasteiger partial charge in [-0.2, -0.15) is 0 Å². The van der Waals surface area contributed by atoms with Crippen LogP contribution >= 0.6 is 0 Å². The molecule has 1 aliphatic heterocycles. The molecule has 21 heavy (non-hydrogen) atoms. The molecule has 1 aliphatic rings. The zero-order valence-corrected chi connectivity index (χ0v) is 13.2. The summed E-state index contributed by atoms with van der Waals surface area (Å²) in [6.45, 7) is 1.86. The molecule has 0 saturated carbocycles. The molecule has 1 saturated heterocycles. The standard InChI is InChI=1S/C14H21N3O3S/c1-15-8-10-16(2)14(18)12-4-6-13(7-5-12)17-9-3-11-21(17,19)20/h4-7,15H,3,8-11H2,1-2H3. The van der Waals surface area contributed by atoms with Crippen molar-refractivity contribution in [2.75, 3.05) is 43.8 Å². The average molecular weight is 311 g/mol. The number of anilines is 1. The van der Waals surface area contributed by atoms with Gasteiger partial charge in [0.15, 0.2) is 0 Å². The molecule has 6 nitrogen and oxygen atoms in total. The summed E-state index contributed by atoms with van der Waals surface area (Å²) in [6, 6.07) is 6.76. The van der Waals surface area contributed by atoms with Crippen LogP contribution < -0.4 is 9.62 Å². The Morgan fingerprint density at radius 2 is 2.00 bits per heavy atom. The van der Waals surface area contributed by atoms with Gasteiger partial charge in [0.2, 0.25) is 10.0 Å². The maximum atomic E-state index is 12.2. The Balaban J connectivity index is 2.10. The fourth-order valence-corrected chi connectivity index (χ4v) is 3.87. The van der Waals surface area contributed by atoms with Crippen molar-refractivity contribution in [1.29, 1.82) is 0 Å². The van der Waals surface area contributed by atoms with Crippen LogP contribution in [0.5, 0.6) is 0 Å². The lowest BCUT2D eigenvalue weighted by atomic mass is 10.2. The van der Waals surface area contributed by atoms with Crippen LogP contribution in [-0.2, 0) is 10.0 Å². The smallest absolute Gasteiger partial charge is 0.253 e. The Labute approximate surface area is 125 Å². The maximum absolute atomic E-state index is 12.2. The molecule has 1 aromatic carbocycles. The van der Waals surface area contributed by atoms with Crippen LogP contribution in [0.15, 0.2) is 24.3 Å². The molecule has 0 bridgehead atoms. The van der Waals surface area contributed by atoms with Gasteiger partial charge in [-0.1, -0.05) is 0 Å². The highest BCUT2D eigenvalue weighted by Crippen LogP contribution is 2.24. The van der Waals surface area contributed by atoms with Crippen molar-refractivity contribution < 1.29 is 13.2 Å². The Morgan fingerprint density at radius 3 is 2.52 bits per heavy atom. The molecule has 0 spiro atoms. The summed E-state index contributed by atoms with van der Waals surface area (Å²) >= 11 is 0. The molecule has 0 atom stereocenters. The van der Waals surface area contributed by atoms with Gasteiger partial charge in [-0.15, -0.1) is 0 Å². The first-order valence-electron chi connectivity index (χ1n) is 6.96. The summed E-state index contributed by atoms with van der Waals surface area (Å²) in [5, 5.41) is 2.99. The molecule has 1 fully saturated rings. The van der Waals surface area contributed by atoms with Gasteiger partial charge < -0.3 is 10.2 Å². The first-order chi connectivity index (χ1) is 9.95. The predicted octanol–water partition coefficient (Wildman–Crippen LogP) is 0.518. The summed E-state index contributed by atoms with van der Waals surface area (Å²) in [5.74, 6) is 0.126. The summed E-state index contributed by atoms with van der Waals surface area (Å²) < 4.78 is 25.1. The molecule has 1 heterocycles. The van der Waals surface area contributed by atoms with Crippen LogP contribution in [0.1, 0.15) is 16.8 Å². The van der Waals surface area contributed by atoms with E-state index < -0.39 is 10.0 Å². The van der Waals surface area contributed by atoms with E-state index in [1.54, 1.807) is 36.2 Å². The number of carbonyl (C=O) groups excluding carboxylic acids is 1. The Morgan fingerprint density at radius 1 is 1.33 bits per heavy atom. The third-order valence-electron chi connectivity index (χ3n) is 3.55. The number of likely N-dealkylation sites (N-methyl/N-ethyl adjacent to an activating group) is 2. The minimum atomic E-state index is -3.17. The third-order valence-corrected chi connectivity index (χ3v) is 5.41. The largest absolute Gasteiger partial charge is 0.340 e. The zero-order chi connectivity index (χ0) is 15.5. The highest BCUT2D eigenvalue weighted by atomic mass is 32.2. The number of carbonyl (C=O) groups is 1. The molecule has 1 amide bonds. The molecule has 2 rings (SSSR count). The minimum absolute atomic E-state index is 0.0684. The van der Waals surface area contributed by atoms with E-state index in [1.807, 2.05) is 7.05 Å². The van der Waals surface area contributed by atoms with E-state index in [1.165, 1.54) is 4.31 Å². The molecule has 0 radical (unpaired) electrons. The molecule has 1 aromatic rings. The van der Waals surface area contributed by atoms with Crippen molar-refractivity contribution in [3.05, 3.63) is 29.8 Å². The number of hydrogen-bond donors (Lipinski definition) is 1.